The molecule has 1 amide bonds. The highest BCUT2D eigenvalue weighted by Gasteiger charge is 2.21. The van der Waals surface area contributed by atoms with Gasteiger partial charge in [0.25, 0.3) is 5.91 Å². The van der Waals surface area contributed by atoms with Crippen molar-refractivity contribution in [3.05, 3.63) is 87.4 Å². The maximum Gasteiger partial charge on any atom is 0.266 e. The monoisotopic (exact) mass is 394 g/mol. The lowest BCUT2D eigenvalue weighted by molar-refractivity contribution is 0.0724. The van der Waals surface area contributed by atoms with Gasteiger partial charge in [-0.3, -0.25) is 4.79 Å². The molecule has 4 rings (SSSR count). The predicted molar refractivity (Wildman–Crippen MR) is 109 cm³/mol. The van der Waals surface area contributed by atoms with E-state index < -0.39 is 0 Å². The zero-order chi connectivity index (χ0) is 18.6. The van der Waals surface area contributed by atoms with E-state index in [0.29, 0.717) is 18.0 Å². The van der Waals surface area contributed by atoms with Crippen molar-refractivity contribution in [2.75, 3.05) is 0 Å². The van der Waals surface area contributed by atoms with Crippen molar-refractivity contribution in [2.24, 2.45) is 0 Å². The fourth-order valence-electron chi connectivity index (χ4n) is 2.79. The van der Waals surface area contributed by atoms with E-state index in [1.165, 1.54) is 16.2 Å². The van der Waals surface area contributed by atoms with Crippen molar-refractivity contribution < 1.29 is 9.21 Å². The number of hydrogen-bond donors (Lipinski definition) is 0. The number of furan rings is 1. The highest BCUT2D eigenvalue weighted by atomic mass is 32.1. The fraction of sp³-hybridized carbons (Fsp3) is 0.143. The Morgan fingerprint density at radius 1 is 1.04 bits per heavy atom. The number of aromatic nitrogens is 1. The molecule has 0 atom stereocenters. The van der Waals surface area contributed by atoms with E-state index in [1.54, 1.807) is 23.8 Å². The third kappa shape index (κ3) is 4.18. The summed E-state index contributed by atoms with van der Waals surface area (Å²) >= 11 is 3.13. The average Bonchev–Trinajstić information content (AvgIpc) is 3.44. The van der Waals surface area contributed by atoms with Crippen LogP contribution in [-0.2, 0) is 13.1 Å². The second-order valence-corrected chi connectivity index (χ2v) is 8.55. The van der Waals surface area contributed by atoms with Crippen LogP contribution in [0, 0.1) is 6.92 Å². The molecule has 0 spiro atoms. The Morgan fingerprint density at radius 3 is 2.59 bits per heavy atom. The molecule has 0 aliphatic rings. The van der Waals surface area contributed by atoms with Gasteiger partial charge in [0, 0.05) is 15.3 Å². The van der Waals surface area contributed by atoms with Crippen LogP contribution >= 0.6 is 22.7 Å². The fourth-order valence-corrected chi connectivity index (χ4v) is 4.59. The minimum atomic E-state index is -0.0304. The maximum absolute atomic E-state index is 13.2. The number of thiophene rings is 1. The number of nitrogens with zero attached hydrogens (tertiary/aromatic N) is 2. The van der Waals surface area contributed by atoms with Gasteiger partial charge in [-0.15, -0.1) is 22.7 Å². The standard InChI is InChI=1S/C21H18N2O2S2/c1-15-9-10-18(26-15)14-23(13-17-8-5-11-25-17)21(24)19-12-22-20(27-19)16-6-3-2-4-7-16/h2-12H,13-14H2,1H3. The van der Waals surface area contributed by atoms with Gasteiger partial charge in [0.1, 0.15) is 15.6 Å². The van der Waals surface area contributed by atoms with Gasteiger partial charge in [0.2, 0.25) is 0 Å². The Kier molecular flexibility index (Phi) is 5.18. The third-order valence-electron chi connectivity index (χ3n) is 4.09. The van der Waals surface area contributed by atoms with Gasteiger partial charge in [-0.05, 0) is 31.2 Å². The van der Waals surface area contributed by atoms with E-state index in [1.807, 2.05) is 47.4 Å². The highest BCUT2D eigenvalue weighted by molar-refractivity contribution is 7.16. The van der Waals surface area contributed by atoms with Crippen LogP contribution in [-0.4, -0.2) is 15.8 Å². The number of aryl methyl sites for hydroxylation is 1. The van der Waals surface area contributed by atoms with Crippen molar-refractivity contribution in [1.82, 2.24) is 9.88 Å². The summed E-state index contributed by atoms with van der Waals surface area (Å²) in [5, 5.41) is 0.851. The van der Waals surface area contributed by atoms with Crippen LogP contribution in [0.1, 0.15) is 25.2 Å². The molecule has 0 unspecified atom stereocenters. The Hall–Kier alpha value is -2.70. The molecule has 3 aromatic heterocycles. The van der Waals surface area contributed by atoms with Gasteiger partial charge < -0.3 is 9.32 Å². The summed E-state index contributed by atoms with van der Waals surface area (Å²) in [6.45, 7) is 3.06. The van der Waals surface area contributed by atoms with Crippen molar-refractivity contribution in [3.8, 4) is 10.6 Å². The van der Waals surface area contributed by atoms with Crippen LogP contribution < -0.4 is 0 Å². The van der Waals surface area contributed by atoms with Crippen LogP contribution in [0.25, 0.3) is 10.6 Å². The number of carbonyl (C=O) groups excluding carboxylic acids is 1. The van der Waals surface area contributed by atoms with Gasteiger partial charge >= 0.3 is 0 Å². The first-order chi connectivity index (χ1) is 13.2. The molecule has 0 saturated carbocycles. The normalized spacial score (nSPS) is 10.9. The summed E-state index contributed by atoms with van der Waals surface area (Å²) in [6, 6.07) is 17.8. The number of benzene rings is 1. The first-order valence-corrected chi connectivity index (χ1v) is 10.2. The highest BCUT2D eigenvalue weighted by Crippen LogP contribution is 2.27. The van der Waals surface area contributed by atoms with Gasteiger partial charge in [-0.1, -0.05) is 30.3 Å². The number of amides is 1. The zero-order valence-corrected chi connectivity index (χ0v) is 16.4. The van der Waals surface area contributed by atoms with Crippen molar-refractivity contribution in [1.29, 1.82) is 0 Å². The smallest absolute Gasteiger partial charge is 0.266 e. The summed E-state index contributed by atoms with van der Waals surface area (Å²) in [6.07, 6.45) is 3.30. The second-order valence-electron chi connectivity index (χ2n) is 6.15. The Morgan fingerprint density at radius 2 is 1.89 bits per heavy atom. The summed E-state index contributed by atoms with van der Waals surface area (Å²) in [4.78, 5) is 22.5. The second kappa shape index (κ2) is 7.90. The molecule has 0 fully saturated rings. The summed E-state index contributed by atoms with van der Waals surface area (Å²) < 4.78 is 5.46. The Balaban J connectivity index is 1.59. The lowest BCUT2D eigenvalue weighted by Crippen LogP contribution is -2.29. The number of carbonyl (C=O) groups is 1. The molecule has 0 radical (unpaired) electrons. The van der Waals surface area contributed by atoms with Crippen LogP contribution in [0.2, 0.25) is 0 Å². The third-order valence-corrected chi connectivity index (χ3v) is 6.11. The van der Waals surface area contributed by atoms with Crippen LogP contribution in [0.4, 0.5) is 0 Å². The molecule has 0 N–H and O–H groups in total. The Labute approximate surface area is 165 Å². The molecule has 0 saturated heterocycles. The number of thiazole rings is 1. The maximum atomic E-state index is 13.2. The molecule has 0 aliphatic carbocycles. The molecule has 4 aromatic rings. The molecule has 27 heavy (non-hydrogen) atoms. The molecule has 3 heterocycles. The largest absolute Gasteiger partial charge is 0.467 e. The molecule has 136 valence electrons. The van der Waals surface area contributed by atoms with E-state index >= 15 is 0 Å². The van der Waals surface area contributed by atoms with Gasteiger partial charge in [0.15, 0.2) is 0 Å². The van der Waals surface area contributed by atoms with Crippen molar-refractivity contribution in [2.45, 2.75) is 20.0 Å². The molecular formula is C21H18N2O2S2. The minimum Gasteiger partial charge on any atom is -0.467 e. The minimum absolute atomic E-state index is 0.0304. The first kappa shape index (κ1) is 17.7. The molecule has 6 heteroatoms. The molecule has 1 aromatic carbocycles. The van der Waals surface area contributed by atoms with Gasteiger partial charge in [0.05, 0.1) is 25.5 Å². The van der Waals surface area contributed by atoms with Crippen LogP contribution in [0.3, 0.4) is 0 Å². The number of rotatable bonds is 6. The lowest BCUT2D eigenvalue weighted by atomic mass is 10.2. The topological polar surface area (TPSA) is 46.3 Å². The van der Waals surface area contributed by atoms with E-state index in [4.69, 9.17) is 4.42 Å². The van der Waals surface area contributed by atoms with Gasteiger partial charge in [-0.25, -0.2) is 4.98 Å². The zero-order valence-electron chi connectivity index (χ0n) is 14.8. The van der Waals surface area contributed by atoms with Gasteiger partial charge in [-0.2, -0.15) is 0 Å². The molecular weight excluding hydrogens is 376 g/mol. The predicted octanol–water partition coefficient (Wildman–Crippen LogP) is 5.62. The summed E-state index contributed by atoms with van der Waals surface area (Å²) in [5.41, 5.74) is 1.02. The van der Waals surface area contributed by atoms with E-state index in [-0.39, 0.29) is 5.91 Å². The van der Waals surface area contributed by atoms with Crippen LogP contribution in [0.15, 0.2) is 71.5 Å². The SMILES string of the molecule is Cc1ccc(CN(Cc2ccco2)C(=O)c2cnc(-c3ccccc3)s2)s1. The molecule has 0 bridgehead atoms. The molecule has 0 aliphatic heterocycles. The lowest BCUT2D eigenvalue weighted by Gasteiger charge is -2.20. The Bertz CT molecular complexity index is 1020. The van der Waals surface area contributed by atoms with E-state index in [9.17, 15) is 4.79 Å². The summed E-state index contributed by atoms with van der Waals surface area (Å²) in [5.74, 6) is 0.738. The van der Waals surface area contributed by atoms with Crippen molar-refractivity contribution >= 4 is 28.6 Å². The number of hydrogen-bond acceptors (Lipinski definition) is 5. The molecule has 4 nitrogen and oxygen atoms in total. The van der Waals surface area contributed by atoms with Crippen LogP contribution in [0.5, 0.6) is 0 Å². The average molecular weight is 395 g/mol. The van der Waals surface area contributed by atoms with E-state index in [0.717, 1.165) is 21.2 Å². The van der Waals surface area contributed by atoms with Crippen molar-refractivity contribution in [3.63, 3.8) is 0 Å². The quantitative estimate of drug-likeness (QED) is 0.427. The summed E-state index contributed by atoms with van der Waals surface area (Å²) in [7, 11) is 0. The first-order valence-electron chi connectivity index (χ1n) is 8.57. The van der Waals surface area contributed by atoms with E-state index in [2.05, 4.69) is 24.0 Å².